The molecule has 2 aromatic heterocycles. The number of fused-ring (bicyclic) bond motifs is 1. The standard InChI is InChI=1S/C15H15N5OS/c1-19(11-5-6-11)15-18-20-12(8-17-14(20)22-15)9-3-2-4-10(7-9)13(16)21/h2-4,7-8,11H,5-6H2,1H3,(H2,16,21). The monoisotopic (exact) mass is 313 g/mol. The van der Waals surface area contributed by atoms with E-state index in [1.807, 2.05) is 16.6 Å². The average Bonchev–Trinajstić information content (AvgIpc) is 3.16. The molecule has 1 aliphatic rings. The van der Waals surface area contributed by atoms with Crippen molar-refractivity contribution in [3.05, 3.63) is 36.0 Å². The van der Waals surface area contributed by atoms with Gasteiger partial charge in [0.2, 0.25) is 16.0 Å². The van der Waals surface area contributed by atoms with Crippen molar-refractivity contribution in [1.29, 1.82) is 0 Å². The van der Waals surface area contributed by atoms with E-state index in [1.54, 1.807) is 29.7 Å². The molecular formula is C15H15N5OS. The van der Waals surface area contributed by atoms with E-state index < -0.39 is 5.91 Å². The van der Waals surface area contributed by atoms with E-state index in [0.717, 1.165) is 21.3 Å². The van der Waals surface area contributed by atoms with E-state index in [9.17, 15) is 4.79 Å². The summed E-state index contributed by atoms with van der Waals surface area (Å²) in [6, 6.07) is 7.84. The molecule has 0 radical (unpaired) electrons. The van der Waals surface area contributed by atoms with Crippen LogP contribution in [0.15, 0.2) is 30.5 Å². The summed E-state index contributed by atoms with van der Waals surface area (Å²) in [5.74, 6) is -0.435. The fraction of sp³-hybridized carbons (Fsp3) is 0.267. The van der Waals surface area contributed by atoms with Crippen molar-refractivity contribution in [2.45, 2.75) is 18.9 Å². The van der Waals surface area contributed by atoms with Gasteiger partial charge in [0.25, 0.3) is 0 Å². The highest BCUT2D eigenvalue weighted by Gasteiger charge is 2.28. The number of hydrogen-bond donors (Lipinski definition) is 1. The number of anilines is 1. The van der Waals surface area contributed by atoms with Crippen molar-refractivity contribution in [1.82, 2.24) is 14.6 Å². The Balaban J connectivity index is 1.78. The maximum atomic E-state index is 11.3. The lowest BCUT2D eigenvalue weighted by Gasteiger charge is -2.12. The number of carbonyl (C=O) groups excluding carboxylic acids is 1. The van der Waals surface area contributed by atoms with Crippen LogP contribution in [-0.2, 0) is 0 Å². The minimum atomic E-state index is -0.435. The average molecular weight is 313 g/mol. The third-order valence-corrected chi connectivity index (χ3v) is 4.93. The van der Waals surface area contributed by atoms with Crippen molar-refractivity contribution in [3.8, 4) is 11.3 Å². The number of amides is 1. The minimum absolute atomic E-state index is 0.435. The van der Waals surface area contributed by atoms with E-state index in [4.69, 9.17) is 5.73 Å². The van der Waals surface area contributed by atoms with Gasteiger partial charge in [-0.25, -0.2) is 9.50 Å². The summed E-state index contributed by atoms with van der Waals surface area (Å²) in [4.78, 5) is 18.8. The highest BCUT2D eigenvalue weighted by molar-refractivity contribution is 7.20. The summed E-state index contributed by atoms with van der Waals surface area (Å²) in [5.41, 5.74) is 7.58. The molecule has 112 valence electrons. The molecule has 0 atom stereocenters. The van der Waals surface area contributed by atoms with Gasteiger partial charge in [0.05, 0.1) is 11.9 Å². The second-order valence-corrected chi connectivity index (χ2v) is 6.44. The Morgan fingerprint density at radius 2 is 2.27 bits per heavy atom. The third kappa shape index (κ3) is 2.14. The van der Waals surface area contributed by atoms with Crippen LogP contribution < -0.4 is 10.6 Å². The van der Waals surface area contributed by atoms with Gasteiger partial charge in [-0.2, -0.15) is 0 Å². The molecule has 0 unspecified atom stereocenters. The Morgan fingerprint density at radius 3 is 3.00 bits per heavy atom. The fourth-order valence-corrected chi connectivity index (χ4v) is 3.38. The summed E-state index contributed by atoms with van der Waals surface area (Å²) in [5, 5.41) is 5.64. The number of nitrogens with zero attached hydrogens (tertiary/aromatic N) is 4. The highest BCUT2D eigenvalue weighted by atomic mass is 32.1. The molecule has 1 aliphatic carbocycles. The normalized spacial score (nSPS) is 14.4. The number of primary amides is 1. The molecule has 7 heteroatoms. The van der Waals surface area contributed by atoms with Gasteiger partial charge in [0, 0.05) is 24.2 Å². The molecule has 1 fully saturated rings. The maximum absolute atomic E-state index is 11.3. The highest BCUT2D eigenvalue weighted by Crippen LogP contribution is 2.34. The van der Waals surface area contributed by atoms with Gasteiger partial charge in [0.15, 0.2) is 0 Å². The first-order chi connectivity index (χ1) is 10.6. The van der Waals surface area contributed by atoms with Crippen LogP contribution in [0, 0.1) is 0 Å². The number of nitrogens with two attached hydrogens (primary N) is 1. The first-order valence-electron chi connectivity index (χ1n) is 7.11. The fourth-order valence-electron chi connectivity index (χ4n) is 2.47. The van der Waals surface area contributed by atoms with Crippen LogP contribution in [0.3, 0.4) is 0 Å². The summed E-state index contributed by atoms with van der Waals surface area (Å²) in [6.07, 6.45) is 4.23. The van der Waals surface area contributed by atoms with Crippen LogP contribution in [0.4, 0.5) is 5.13 Å². The van der Waals surface area contributed by atoms with Gasteiger partial charge < -0.3 is 10.6 Å². The largest absolute Gasteiger partial charge is 0.366 e. The van der Waals surface area contributed by atoms with Gasteiger partial charge in [-0.15, -0.1) is 5.10 Å². The Labute approximate surface area is 131 Å². The summed E-state index contributed by atoms with van der Waals surface area (Å²) in [6.45, 7) is 0. The summed E-state index contributed by atoms with van der Waals surface area (Å²) in [7, 11) is 2.07. The molecular weight excluding hydrogens is 298 g/mol. The molecule has 0 spiro atoms. The maximum Gasteiger partial charge on any atom is 0.248 e. The third-order valence-electron chi connectivity index (χ3n) is 3.91. The van der Waals surface area contributed by atoms with E-state index in [0.29, 0.717) is 11.6 Å². The van der Waals surface area contributed by atoms with Gasteiger partial charge in [0.1, 0.15) is 0 Å². The number of imidazole rings is 1. The summed E-state index contributed by atoms with van der Waals surface area (Å²) < 4.78 is 1.83. The van der Waals surface area contributed by atoms with Crippen LogP contribution in [0.1, 0.15) is 23.2 Å². The van der Waals surface area contributed by atoms with Crippen molar-refractivity contribution >= 4 is 27.3 Å². The van der Waals surface area contributed by atoms with Gasteiger partial charge in [-0.3, -0.25) is 4.79 Å². The zero-order chi connectivity index (χ0) is 15.3. The zero-order valence-electron chi connectivity index (χ0n) is 12.1. The lowest BCUT2D eigenvalue weighted by atomic mass is 10.1. The van der Waals surface area contributed by atoms with E-state index in [-0.39, 0.29) is 0 Å². The number of benzene rings is 1. The van der Waals surface area contributed by atoms with Crippen molar-refractivity contribution in [2.24, 2.45) is 5.73 Å². The van der Waals surface area contributed by atoms with Gasteiger partial charge in [-0.05, 0) is 25.0 Å². The topological polar surface area (TPSA) is 76.5 Å². The second-order valence-electron chi connectivity index (χ2n) is 5.51. The predicted octanol–water partition coefficient (Wildman–Crippen LogP) is 2.16. The lowest BCUT2D eigenvalue weighted by molar-refractivity contribution is 0.100. The van der Waals surface area contributed by atoms with Gasteiger partial charge >= 0.3 is 0 Å². The molecule has 6 nitrogen and oxygen atoms in total. The van der Waals surface area contributed by atoms with Crippen LogP contribution in [-0.4, -0.2) is 33.6 Å². The quantitative estimate of drug-likeness (QED) is 0.800. The Kier molecular flexibility index (Phi) is 2.90. The summed E-state index contributed by atoms with van der Waals surface area (Å²) >= 11 is 1.57. The molecule has 4 rings (SSSR count). The second kappa shape index (κ2) is 4.81. The van der Waals surface area contributed by atoms with Crippen molar-refractivity contribution in [3.63, 3.8) is 0 Å². The van der Waals surface area contributed by atoms with Crippen LogP contribution in [0.25, 0.3) is 16.2 Å². The predicted molar refractivity (Wildman–Crippen MR) is 86.2 cm³/mol. The Morgan fingerprint density at radius 1 is 1.45 bits per heavy atom. The first kappa shape index (κ1) is 13.3. The Bertz CT molecular complexity index is 864. The Hall–Kier alpha value is -2.41. The number of carbonyl (C=O) groups is 1. The SMILES string of the molecule is CN(c1nn2c(-c3cccc(C(N)=O)c3)cnc2s1)C1CC1. The molecule has 0 aliphatic heterocycles. The smallest absolute Gasteiger partial charge is 0.248 e. The molecule has 1 amide bonds. The van der Waals surface area contributed by atoms with E-state index >= 15 is 0 Å². The number of aromatic nitrogens is 3. The van der Waals surface area contributed by atoms with Gasteiger partial charge in [-0.1, -0.05) is 23.5 Å². The number of hydrogen-bond acceptors (Lipinski definition) is 5. The molecule has 1 aromatic carbocycles. The zero-order valence-corrected chi connectivity index (χ0v) is 12.9. The molecule has 3 aromatic rings. The molecule has 0 bridgehead atoms. The molecule has 2 N–H and O–H groups in total. The number of rotatable bonds is 4. The van der Waals surface area contributed by atoms with E-state index in [2.05, 4.69) is 22.0 Å². The van der Waals surface area contributed by atoms with Crippen LogP contribution >= 0.6 is 11.3 Å². The van der Waals surface area contributed by atoms with Crippen LogP contribution in [0.5, 0.6) is 0 Å². The van der Waals surface area contributed by atoms with Crippen molar-refractivity contribution < 1.29 is 4.79 Å². The van der Waals surface area contributed by atoms with Crippen molar-refractivity contribution in [2.75, 3.05) is 11.9 Å². The minimum Gasteiger partial charge on any atom is -0.366 e. The lowest BCUT2D eigenvalue weighted by Crippen LogP contribution is -2.19. The van der Waals surface area contributed by atoms with Crippen LogP contribution in [0.2, 0.25) is 0 Å². The van der Waals surface area contributed by atoms with E-state index in [1.165, 1.54) is 12.8 Å². The first-order valence-corrected chi connectivity index (χ1v) is 7.93. The molecule has 0 saturated heterocycles. The molecule has 22 heavy (non-hydrogen) atoms. The molecule has 2 heterocycles. The molecule has 1 saturated carbocycles.